The molecule has 0 bridgehead atoms. The molecule has 1 N–H and O–H groups in total. The predicted molar refractivity (Wildman–Crippen MR) is 112 cm³/mol. The first-order valence-corrected chi connectivity index (χ1v) is 9.43. The molecule has 1 aliphatic heterocycles. The number of furan rings is 1. The number of rotatable bonds is 4. The summed E-state index contributed by atoms with van der Waals surface area (Å²) in [7, 11) is 1.54. The molecule has 0 radical (unpaired) electrons. The molecule has 4 rings (SSSR count). The minimum Gasteiger partial charge on any atom is -0.455 e. The number of fused-ring (bicyclic) bond motifs is 3. The normalized spacial score (nSPS) is 19.3. The van der Waals surface area contributed by atoms with Gasteiger partial charge in [0.15, 0.2) is 0 Å². The van der Waals surface area contributed by atoms with Gasteiger partial charge in [-0.05, 0) is 46.3 Å². The van der Waals surface area contributed by atoms with Crippen LogP contribution in [0.25, 0.3) is 28.0 Å². The van der Waals surface area contributed by atoms with Gasteiger partial charge in [-0.3, -0.25) is 0 Å². The Labute approximate surface area is 160 Å². The molecule has 1 saturated heterocycles. The van der Waals surface area contributed by atoms with E-state index < -0.39 is 0 Å². The largest absolute Gasteiger partial charge is 0.491 e. The fourth-order valence-corrected chi connectivity index (χ4v) is 3.48. The zero-order valence-corrected chi connectivity index (χ0v) is 16.6. The van der Waals surface area contributed by atoms with Crippen molar-refractivity contribution in [3.63, 3.8) is 0 Å². The number of nitrogens with one attached hydrogen (secondary N) is 1. The molecule has 0 saturated carbocycles. The summed E-state index contributed by atoms with van der Waals surface area (Å²) in [5, 5.41) is 5.49. The first-order valence-electron chi connectivity index (χ1n) is 9.43. The van der Waals surface area contributed by atoms with Gasteiger partial charge in [-0.1, -0.05) is 42.5 Å². The van der Waals surface area contributed by atoms with Gasteiger partial charge < -0.3 is 19.0 Å². The fraction of sp³-hybridized carbons (Fsp3) is 0.364. The van der Waals surface area contributed by atoms with E-state index in [9.17, 15) is 0 Å². The molecule has 0 atom stereocenters. The zero-order chi connectivity index (χ0) is 19.2. The second-order valence-corrected chi connectivity index (χ2v) is 8.16. The van der Waals surface area contributed by atoms with E-state index in [2.05, 4.69) is 63.4 Å². The Morgan fingerprint density at radius 2 is 1.63 bits per heavy atom. The Bertz CT molecular complexity index is 1000. The number of para-hydroxylation sites is 2. The zero-order valence-electron chi connectivity index (χ0n) is 16.6. The van der Waals surface area contributed by atoms with Gasteiger partial charge in [0.05, 0.1) is 11.2 Å². The van der Waals surface area contributed by atoms with Gasteiger partial charge in [-0.25, -0.2) is 0 Å². The van der Waals surface area contributed by atoms with Crippen LogP contribution in [0, 0.1) is 0 Å². The molecule has 0 spiro atoms. The van der Waals surface area contributed by atoms with E-state index in [0.717, 1.165) is 33.0 Å². The van der Waals surface area contributed by atoms with Crippen molar-refractivity contribution in [1.82, 2.24) is 5.32 Å². The van der Waals surface area contributed by atoms with E-state index >= 15 is 0 Å². The third kappa shape index (κ3) is 3.10. The van der Waals surface area contributed by atoms with Gasteiger partial charge in [0.1, 0.15) is 11.2 Å². The molecular formula is C22H26BNO3. The first-order chi connectivity index (χ1) is 12.8. The molecule has 5 heteroatoms. The average Bonchev–Trinajstić information content (AvgIpc) is 3.09. The van der Waals surface area contributed by atoms with Gasteiger partial charge in [-0.2, -0.15) is 0 Å². The third-order valence-corrected chi connectivity index (χ3v) is 5.71. The summed E-state index contributed by atoms with van der Waals surface area (Å²) in [5.74, 6) is 0. The van der Waals surface area contributed by atoms with Crippen LogP contribution in [-0.4, -0.2) is 31.9 Å². The van der Waals surface area contributed by atoms with Crippen LogP contribution in [0.1, 0.15) is 33.3 Å². The number of hydrogen-bond acceptors (Lipinski definition) is 4. The van der Waals surface area contributed by atoms with E-state index in [0.29, 0.717) is 6.54 Å². The molecule has 0 amide bonds. The summed E-state index contributed by atoms with van der Waals surface area (Å²) >= 11 is 0. The molecule has 0 unspecified atom stereocenters. The summed E-state index contributed by atoms with van der Waals surface area (Å²) in [6.45, 7) is 8.97. The van der Waals surface area contributed by atoms with Crippen LogP contribution < -0.4 is 5.32 Å². The maximum absolute atomic E-state index is 6.26. The molecule has 1 fully saturated rings. The lowest BCUT2D eigenvalue weighted by atomic mass is 9.77. The van der Waals surface area contributed by atoms with E-state index in [4.69, 9.17) is 13.7 Å². The molecule has 1 aromatic heterocycles. The highest BCUT2D eigenvalue weighted by atomic mass is 16.7. The Kier molecular flexibility index (Phi) is 4.42. The molecule has 0 aliphatic carbocycles. The van der Waals surface area contributed by atoms with Gasteiger partial charge in [-0.15, -0.1) is 0 Å². The highest BCUT2D eigenvalue weighted by Gasteiger charge is 2.52. The Balaban J connectivity index is 1.80. The lowest BCUT2D eigenvalue weighted by Crippen LogP contribution is -2.41. The van der Waals surface area contributed by atoms with Crippen molar-refractivity contribution in [3.05, 3.63) is 53.5 Å². The maximum atomic E-state index is 6.26. The predicted octanol–water partition coefficient (Wildman–Crippen LogP) is 4.82. The van der Waals surface area contributed by atoms with E-state index in [1.54, 1.807) is 0 Å². The van der Waals surface area contributed by atoms with E-state index in [1.165, 1.54) is 0 Å². The second-order valence-electron chi connectivity index (χ2n) is 8.16. The summed E-state index contributed by atoms with van der Waals surface area (Å²) < 4.78 is 18.7. The smallest absolute Gasteiger partial charge is 0.455 e. The van der Waals surface area contributed by atoms with Gasteiger partial charge >= 0.3 is 7.12 Å². The van der Waals surface area contributed by atoms with Gasteiger partial charge in [0, 0.05) is 22.9 Å². The summed E-state index contributed by atoms with van der Waals surface area (Å²) in [4.78, 5) is 0. The van der Waals surface area contributed by atoms with Crippen molar-refractivity contribution in [1.29, 1.82) is 0 Å². The van der Waals surface area contributed by atoms with Crippen molar-refractivity contribution in [2.75, 3.05) is 13.6 Å². The van der Waals surface area contributed by atoms with Crippen molar-refractivity contribution in [2.24, 2.45) is 0 Å². The van der Waals surface area contributed by atoms with Crippen molar-refractivity contribution >= 4 is 35.1 Å². The summed E-state index contributed by atoms with van der Waals surface area (Å²) in [6.07, 6.45) is 2.13. The number of benzene rings is 2. The number of likely N-dealkylation sites (N-methyl/N-ethyl adjacent to an activating group) is 1. The third-order valence-electron chi connectivity index (χ3n) is 5.71. The molecule has 3 aromatic rings. The van der Waals surface area contributed by atoms with Crippen LogP contribution in [0.4, 0.5) is 0 Å². The second kappa shape index (κ2) is 6.52. The molecule has 1 aliphatic rings. The average molecular weight is 363 g/mol. The summed E-state index contributed by atoms with van der Waals surface area (Å²) in [6, 6.07) is 14.4. The van der Waals surface area contributed by atoms with E-state index in [-0.39, 0.29) is 18.3 Å². The van der Waals surface area contributed by atoms with Gasteiger partial charge in [0.25, 0.3) is 0 Å². The van der Waals surface area contributed by atoms with Crippen LogP contribution in [0.2, 0.25) is 0 Å². The van der Waals surface area contributed by atoms with Crippen LogP contribution in [-0.2, 0) is 9.31 Å². The maximum Gasteiger partial charge on any atom is 0.491 e. The topological polar surface area (TPSA) is 43.6 Å². The quantitative estimate of drug-likeness (QED) is 0.675. The molecule has 2 aromatic carbocycles. The SMILES string of the molecule is CNCC(=Cc1cccc2c1oc1ccccc12)B1OC(C)(C)C(C)(C)O1. The van der Waals surface area contributed by atoms with Crippen LogP contribution >= 0.6 is 0 Å². The fourth-order valence-electron chi connectivity index (χ4n) is 3.48. The van der Waals surface area contributed by atoms with Crippen LogP contribution in [0.15, 0.2) is 52.4 Å². The molecule has 140 valence electrons. The highest BCUT2D eigenvalue weighted by Crippen LogP contribution is 2.39. The minimum absolute atomic E-state index is 0.365. The number of hydrogen-bond donors (Lipinski definition) is 1. The van der Waals surface area contributed by atoms with Crippen molar-refractivity contribution in [3.8, 4) is 0 Å². The Morgan fingerprint density at radius 1 is 0.963 bits per heavy atom. The van der Waals surface area contributed by atoms with Gasteiger partial charge in [0.2, 0.25) is 0 Å². The first kappa shape index (κ1) is 18.3. The Morgan fingerprint density at radius 3 is 2.33 bits per heavy atom. The molecule has 2 heterocycles. The summed E-state index contributed by atoms with van der Waals surface area (Å²) in [5.41, 5.74) is 3.14. The standard InChI is InChI=1S/C22H26BNO3/c1-21(2)22(3,4)27-23(26-21)16(14-24-5)13-15-9-8-11-18-17-10-6-7-12-19(17)25-20(15)18/h6-13,24H,14H2,1-5H3. The van der Waals surface area contributed by atoms with Crippen LogP contribution in [0.3, 0.4) is 0 Å². The molecular weight excluding hydrogens is 337 g/mol. The molecule has 4 nitrogen and oxygen atoms in total. The van der Waals surface area contributed by atoms with E-state index in [1.807, 2.05) is 25.2 Å². The molecule has 27 heavy (non-hydrogen) atoms. The van der Waals surface area contributed by atoms with Crippen molar-refractivity contribution in [2.45, 2.75) is 38.9 Å². The van der Waals surface area contributed by atoms with Crippen molar-refractivity contribution < 1.29 is 13.7 Å². The van der Waals surface area contributed by atoms with Crippen LogP contribution in [0.5, 0.6) is 0 Å². The minimum atomic E-state index is -0.387. The Hall–Kier alpha value is -2.08. The monoisotopic (exact) mass is 363 g/mol. The highest BCUT2D eigenvalue weighted by molar-refractivity contribution is 6.56. The lowest BCUT2D eigenvalue weighted by Gasteiger charge is -2.32. The lowest BCUT2D eigenvalue weighted by molar-refractivity contribution is 0.00578.